The van der Waals surface area contributed by atoms with Crippen LogP contribution >= 0.6 is 0 Å². The third-order valence-corrected chi connectivity index (χ3v) is 5.14. The van der Waals surface area contributed by atoms with Crippen molar-refractivity contribution in [2.75, 3.05) is 6.54 Å². The molecule has 1 N–H and O–H groups in total. The molecule has 1 aliphatic heterocycles. The molecule has 1 aromatic carbocycles. The molecular weight excluding hydrogens is 359 g/mol. The maximum atomic E-state index is 13.4. The highest BCUT2D eigenvalue weighted by atomic mass is 19.1. The summed E-state index contributed by atoms with van der Waals surface area (Å²) in [6, 6.07) is 7.38. The molecule has 8 heteroatoms. The second-order valence-corrected chi connectivity index (χ2v) is 7.11. The van der Waals surface area contributed by atoms with Gasteiger partial charge in [-0.2, -0.15) is 10.2 Å². The third kappa shape index (κ3) is 3.62. The lowest BCUT2D eigenvalue weighted by Gasteiger charge is -2.25. The molecule has 146 valence electrons. The molecule has 4 rings (SSSR count). The van der Waals surface area contributed by atoms with Gasteiger partial charge in [-0.25, -0.2) is 9.18 Å². The fourth-order valence-corrected chi connectivity index (χ4v) is 3.64. The minimum Gasteiger partial charge on any atom is -0.325 e. The van der Waals surface area contributed by atoms with Gasteiger partial charge in [0.2, 0.25) is 0 Å². The number of carbonyl (C=O) groups is 1. The average Bonchev–Trinajstić information content (AvgIpc) is 3.18. The van der Waals surface area contributed by atoms with E-state index in [1.807, 2.05) is 37.2 Å². The van der Waals surface area contributed by atoms with Crippen LogP contribution in [-0.2, 0) is 27.1 Å². The van der Waals surface area contributed by atoms with Crippen LogP contribution in [0, 0.1) is 5.82 Å². The summed E-state index contributed by atoms with van der Waals surface area (Å²) in [6.07, 6.45) is 5.44. The van der Waals surface area contributed by atoms with Gasteiger partial charge in [-0.3, -0.25) is 9.36 Å². The molecule has 2 aromatic heterocycles. The predicted molar refractivity (Wildman–Crippen MR) is 102 cm³/mol. The first-order chi connectivity index (χ1) is 13.5. The standard InChI is InChI=1S/C20H23FN6O/c1-25-11-9-17(24-25)19(14-5-7-16(21)8-6-14)23-20(28)27-10-3-4-18-15(13-27)12-22-26(18)2/h5-9,11-12,19H,3-4,10,13H2,1-2H3,(H,23,28). The summed E-state index contributed by atoms with van der Waals surface area (Å²) >= 11 is 0. The van der Waals surface area contributed by atoms with Gasteiger partial charge in [-0.15, -0.1) is 0 Å². The van der Waals surface area contributed by atoms with Gasteiger partial charge in [0.15, 0.2) is 0 Å². The Balaban J connectivity index is 1.57. The molecule has 0 saturated heterocycles. The Labute approximate surface area is 162 Å². The summed E-state index contributed by atoms with van der Waals surface area (Å²) in [6.45, 7) is 1.19. The number of hydrogen-bond donors (Lipinski definition) is 1. The van der Waals surface area contributed by atoms with Crippen molar-refractivity contribution >= 4 is 6.03 Å². The Hall–Kier alpha value is -3.16. The second-order valence-electron chi connectivity index (χ2n) is 7.11. The minimum atomic E-state index is -0.453. The Morgan fingerprint density at radius 2 is 2.00 bits per heavy atom. The van der Waals surface area contributed by atoms with Gasteiger partial charge in [-0.1, -0.05) is 12.1 Å². The van der Waals surface area contributed by atoms with Gasteiger partial charge < -0.3 is 10.2 Å². The number of halogens is 1. The van der Waals surface area contributed by atoms with Crippen LogP contribution in [0.3, 0.4) is 0 Å². The van der Waals surface area contributed by atoms with Crippen molar-refractivity contribution in [1.82, 2.24) is 29.8 Å². The number of benzene rings is 1. The SMILES string of the molecule is Cn1ccc(C(NC(=O)N2CCCc3c(cnn3C)C2)c2ccc(F)cc2)n1. The van der Waals surface area contributed by atoms with E-state index in [9.17, 15) is 9.18 Å². The molecule has 2 amide bonds. The molecule has 1 aliphatic rings. The summed E-state index contributed by atoms with van der Waals surface area (Å²) in [5.74, 6) is -0.313. The Bertz CT molecular complexity index is 977. The van der Waals surface area contributed by atoms with Gasteiger partial charge in [0.1, 0.15) is 11.9 Å². The Morgan fingerprint density at radius 1 is 1.21 bits per heavy atom. The van der Waals surface area contributed by atoms with Crippen LogP contribution in [-0.4, -0.2) is 37.0 Å². The number of nitrogens with one attached hydrogen (secondary N) is 1. The van der Waals surface area contributed by atoms with Crippen LogP contribution in [0.4, 0.5) is 9.18 Å². The average molecular weight is 382 g/mol. The highest BCUT2D eigenvalue weighted by Gasteiger charge is 2.25. The summed E-state index contributed by atoms with van der Waals surface area (Å²) in [5.41, 5.74) is 3.74. The quantitative estimate of drug-likeness (QED) is 0.757. The number of nitrogens with zero attached hydrogens (tertiary/aromatic N) is 5. The molecule has 28 heavy (non-hydrogen) atoms. The van der Waals surface area contributed by atoms with E-state index in [1.165, 1.54) is 17.8 Å². The molecule has 7 nitrogen and oxygen atoms in total. The number of hydrogen-bond acceptors (Lipinski definition) is 3. The number of urea groups is 1. The largest absolute Gasteiger partial charge is 0.325 e. The van der Waals surface area contributed by atoms with Gasteiger partial charge in [0.05, 0.1) is 18.4 Å². The molecule has 0 spiro atoms. The molecule has 0 saturated carbocycles. The van der Waals surface area contributed by atoms with Crippen LogP contribution in [0.2, 0.25) is 0 Å². The lowest BCUT2D eigenvalue weighted by atomic mass is 10.0. The predicted octanol–water partition coefficient (Wildman–Crippen LogP) is 2.54. The van der Waals surface area contributed by atoms with E-state index >= 15 is 0 Å². The molecule has 1 unspecified atom stereocenters. The molecule has 1 atom stereocenters. The van der Waals surface area contributed by atoms with Crippen molar-refractivity contribution in [3.05, 3.63) is 71.1 Å². The van der Waals surface area contributed by atoms with Gasteiger partial charge in [-0.05, 0) is 36.6 Å². The lowest BCUT2D eigenvalue weighted by molar-refractivity contribution is 0.193. The van der Waals surface area contributed by atoms with Crippen LogP contribution < -0.4 is 5.32 Å². The number of fused-ring (bicyclic) bond motifs is 1. The summed E-state index contributed by atoms with van der Waals surface area (Å²) < 4.78 is 16.9. The summed E-state index contributed by atoms with van der Waals surface area (Å²) in [5, 5.41) is 11.8. The van der Waals surface area contributed by atoms with E-state index in [4.69, 9.17) is 0 Å². The topological polar surface area (TPSA) is 68.0 Å². The van der Waals surface area contributed by atoms with E-state index in [0.717, 1.165) is 24.0 Å². The molecule has 0 aliphatic carbocycles. The Morgan fingerprint density at radius 3 is 2.71 bits per heavy atom. The number of amides is 2. The molecule has 0 bridgehead atoms. The van der Waals surface area contributed by atoms with Crippen molar-refractivity contribution in [2.45, 2.75) is 25.4 Å². The van der Waals surface area contributed by atoms with Crippen LogP contribution in [0.25, 0.3) is 0 Å². The normalized spacial score (nSPS) is 15.0. The summed E-state index contributed by atoms with van der Waals surface area (Å²) in [7, 11) is 3.76. The zero-order valence-electron chi connectivity index (χ0n) is 16.0. The maximum absolute atomic E-state index is 13.4. The molecule has 3 heterocycles. The van der Waals surface area contributed by atoms with Crippen molar-refractivity contribution in [3.63, 3.8) is 0 Å². The van der Waals surface area contributed by atoms with Crippen molar-refractivity contribution in [3.8, 4) is 0 Å². The monoisotopic (exact) mass is 382 g/mol. The fraction of sp³-hybridized carbons (Fsp3) is 0.350. The smallest absolute Gasteiger partial charge is 0.318 e. The lowest BCUT2D eigenvalue weighted by Crippen LogP contribution is -2.41. The van der Waals surface area contributed by atoms with Crippen LogP contribution in [0.1, 0.15) is 35.0 Å². The Kier molecular flexibility index (Phi) is 4.85. The summed E-state index contributed by atoms with van der Waals surface area (Å²) in [4.78, 5) is 14.9. The fourth-order valence-electron chi connectivity index (χ4n) is 3.64. The molecular formula is C20H23FN6O. The molecule has 0 fully saturated rings. The third-order valence-electron chi connectivity index (χ3n) is 5.14. The highest BCUT2D eigenvalue weighted by molar-refractivity contribution is 5.75. The van der Waals surface area contributed by atoms with Crippen molar-refractivity contribution in [1.29, 1.82) is 0 Å². The number of rotatable bonds is 3. The molecule has 0 radical (unpaired) electrons. The van der Waals surface area contributed by atoms with E-state index < -0.39 is 6.04 Å². The number of aryl methyl sites for hydroxylation is 2. The first-order valence-corrected chi connectivity index (χ1v) is 9.31. The zero-order chi connectivity index (χ0) is 19.7. The van der Waals surface area contributed by atoms with Gasteiger partial charge in [0.25, 0.3) is 0 Å². The first kappa shape index (κ1) is 18.2. The zero-order valence-corrected chi connectivity index (χ0v) is 16.0. The minimum absolute atomic E-state index is 0.170. The van der Waals surface area contributed by atoms with Gasteiger partial charge >= 0.3 is 6.03 Å². The van der Waals surface area contributed by atoms with E-state index in [-0.39, 0.29) is 11.8 Å². The second kappa shape index (κ2) is 7.46. The number of aromatic nitrogens is 4. The van der Waals surface area contributed by atoms with Gasteiger partial charge in [0, 0.05) is 38.1 Å². The molecule has 3 aromatic rings. The van der Waals surface area contributed by atoms with E-state index in [2.05, 4.69) is 15.5 Å². The van der Waals surface area contributed by atoms with Crippen molar-refractivity contribution < 1.29 is 9.18 Å². The van der Waals surface area contributed by atoms with Crippen LogP contribution in [0.5, 0.6) is 0 Å². The van der Waals surface area contributed by atoms with Crippen LogP contribution in [0.15, 0.2) is 42.7 Å². The van der Waals surface area contributed by atoms with E-state index in [0.29, 0.717) is 18.8 Å². The first-order valence-electron chi connectivity index (χ1n) is 9.31. The number of carbonyl (C=O) groups excluding carboxylic acids is 1. The van der Waals surface area contributed by atoms with E-state index in [1.54, 1.807) is 21.7 Å². The van der Waals surface area contributed by atoms with Crippen molar-refractivity contribution in [2.24, 2.45) is 14.1 Å². The highest BCUT2D eigenvalue weighted by Crippen LogP contribution is 2.23. The maximum Gasteiger partial charge on any atom is 0.318 e.